The lowest BCUT2D eigenvalue weighted by atomic mass is 10.1. The predicted molar refractivity (Wildman–Crippen MR) is 93.9 cm³/mol. The Bertz CT molecular complexity index is 1020. The van der Waals surface area contributed by atoms with E-state index in [2.05, 4.69) is 9.97 Å². The van der Waals surface area contributed by atoms with E-state index in [0.717, 1.165) is 10.9 Å². The van der Waals surface area contributed by atoms with Crippen LogP contribution in [-0.2, 0) is 30.7 Å². The lowest BCUT2D eigenvalue weighted by molar-refractivity contribution is -0.216. The molecule has 2 N–H and O–H groups in total. The first kappa shape index (κ1) is 19.0. The number of phosphoric ester groups is 1. The number of rotatable bonds is 4. The molecule has 1 unspecified atom stereocenters. The highest BCUT2D eigenvalue weighted by Gasteiger charge is 2.51. The quantitative estimate of drug-likeness (QED) is 0.751. The smallest absolute Gasteiger partial charge is 0.404 e. The zero-order chi connectivity index (χ0) is 20.0. The van der Waals surface area contributed by atoms with Gasteiger partial charge in [-0.1, -0.05) is 18.2 Å². The number of aromatic nitrogens is 3. The number of fused-ring (bicyclic) bond motifs is 1. The predicted octanol–water partition coefficient (Wildman–Crippen LogP) is 2.10. The molecule has 4 rings (SSSR count). The molecule has 12 heteroatoms. The number of hydrogen-bond acceptors (Lipinski definition) is 9. The lowest BCUT2D eigenvalue weighted by Crippen LogP contribution is -2.42. The van der Waals surface area contributed by atoms with E-state index in [1.807, 2.05) is 0 Å². The van der Waals surface area contributed by atoms with Crippen molar-refractivity contribution in [3.8, 4) is 5.75 Å². The summed E-state index contributed by atoms with van der Waals surface area (Å²) in [6, 6.07) is 6.88. The van der Waals surface area contributed by atoms with Crippen molar-refractivity contribution in [1.29, 1.82) is 0 Å². The average molecular weight is 412 g/mol. The van der Waals surface area contributed by atoms with E-state index in [-0.39, 0.29) is 25.4 Å². The highest BCUT2D eigenvalue weighted by atomic mass is 31.2. The molecule has 0 aliphatic carbocycles. The van der Waals surface area contributed by atoms with Crippen LogP contribution in [0.15, 0.2) is 35.4 Å². The summed E-state index contributed by atoms with van der Waals surface area (Å²) in [7, 11) is -4.00. The van der Waals surface area contributed by atoms with Gasteiger partial charge in [0.1, 0.15) is 18.7 Å². The number of hydrogen-bond donors (Lipinski definition) is 1. The number of alkyl halides is 1. The minimum atomic E-state index is -4.00. The zero-order valence-electron chi connectivity index (χ0n) is 14.9. The Balaban J connectivity index is 1.46. The molecule has 28 heavy (non-hydrogen) atoms. The number of halogens is 1. The number of anilines is 1. The van der Waals surface area contributed by atoms with Crippen molar-refractivity contribution in [2.75, 3.05) is 12.3 Å². The molecule has 1 fully saturated rings. The van der Waals surface area contributed by atoms with Gasteiger partial charge in [-0.2, -0.15) is 4.98 Å². The van der Waals surface area contributed by atoms with Crippen molar-refractivity contribution in [3.05, 3.63) is 46.6 Å². The Morgan fingerprint density at radius 2 is 2.18 bits per heavy atom. The first-order valence-electron chi connectivity index (χ1n) is 8.48. The fraction of sp³-hybridized carbons (Fsp3) is 0.438. The highest BCUT2D eigenvalue weighted by Crippen LogP contribution is 2.55. The summed E-state index contributed by atoms with van der Waals surface area (Å²) in [6.45, 7) is 0.831. The maximum Gasteiger partial charge on any atom is 0.530 e. The van der Waals surface area contributed by atoms with Crippen molar-refractivity contribution in [2.24, 2.45) is 0 Å². The molecule has 3 atom stereocenters. The second kappa shape index (κ2) is 6.63. The van der Waals surface area contributed by atoms with Gasteiger partial charge in [-0.15, -0.1) is 0 Å². The molecule has 0 radical (unpaired) electrons. The fourth-order valence-electron chi connectivity index (χ4n) is 3.10. The van der Waals surface area contributed by atoms with Crippen LogP contribution in [0.2, 0.25) is 0 Å². The molecule has 0 amide bonds. The third-order valence-electron chi connectivity index (χ3n) is 4.60. The van der Waals surface area contributed by atoms with Crippen LogP contribution in [0.3, 0.4) is 0 Å². The SMILES string of the molecule is C[C@]1(n2cnc(N)nc2=O)CC[C@@](F)(COP2(=O)OCc3ccccc3O2)O1. The van der Waals surface area contributed by atoms with E-state index in [0.29, 0.717) is 11.3 Å². The topological polar surface area (TPSA) is 128 Å². The lowest BCUT2D eigenvalue weighted by Gasteiger charge is -2.30. The molecule has 0 saturated carbocycles. The molecule has 150 valence electrons. The van der Waals surface area contributed by atoms with E-state index in [1.165, 1.54) is 6.92 Å². The number of benzene rings is 1. The van der Waals surface area contributed by atoms with Crippen molar-refractivity contribution >= 4 is 13.8 Å². The Morgan fingerprint density at radius 1 is 1.39 bits per heavy atom. The first-order chi connectivity index (χ1) is 13.2. The van der Waals surface area contributed by atoms with E-state index >= 15 is 4.39 Å². The van der Waals surface area contributed by atoms with Gasteiger partial charge in [0.25, 0.3) is 0 Å². The van der Waals surface area contributed by atoms with Crippen molar-refractivity contribution in [1.82, 2.24) is 14.5 Å². The number of phosphoric acid groups is 1. The maximum absolute atomic E-state index is 15.2. The third kappa shape index (κ3) is 3.53. The van der Waals surface area contributed by atoms with Gasteiger partial charge in [0.15, 0.2) is 5.72 Å². The van der Waals surface area contributed by atoms with E-state index < -0.39 is 31.7 Å². The third-order valence-corrected chi connectivity index (χ3v) is 5.91. The zero-order valence-corrected chi connectivity index (χ0v) is 15.8. The van der Waals surface area contributed by atoms with Crippen LogP contribution in [0.4, 0.5) is 10.3 Å². The minimum absolute atomic E-state index is 0.0173. The van der Waals surface area contributed by atoms with Crippen LogP contribution < -0.4 is 15.9 Å². The molecule has 0 spiro atoms. The monoisotopic (exact) mass is 412 g/mol. The van der Waals surface area contributed by atoms with Crippen LogP contribution >= 0.6 is 7.82 Å². The van der Waals surface area contributed by atoms with Crippen LogP contribution in [0.25, 0.3) is 0 Å². The number of nitrogens with two attached hydrogens (primary N) is 1. The second-order valence-corrected chi connectivity index (χ2v) is 8.31. The standard InChI is InChI=1S/C16H18FN4O6P/c1-15(21-10-19-13(18)20-14(21)22)6-7-16(17,27-15)9-25-28(23)24-8-11-4-2-3-5-12(11)26-28/h2-5,10H,6-9H2,1H3,(H2,18,20,22)/t15-,16+,28?/m1/s1. The molecule has 1 aromatic heterocycles. The number of ether oxygens (including phenoxy) is 1. The molecular weight excluding hydrogens is 394 g/mol. The Labute approximate surface area is 159 Å². The molecule has 1 aromatic carbocycles. The van der Waals surface area contributed by atoms with Crippen LogP contribution in [0, 0.1) is 0 Å². The van der Waals surface area contributed by atoms with E-state index in [4.69, 9.17) is 24.0 Å². The summed E-state index contributed by atoms with van der Waals surface area (Å²) >= 11 is 0. The van der Waals surface area contributed by atoms with E-state index in [9.17, 15) is 9.36 Å². The molecule has 3 heterocycles. The van der Waals surface area contributed by atoms with Crippen LogP contribution in [0.5, 0.6) is 5.75 Å². The van der Waals surface area contributed by atoms with Gasteiger partial charge in [-0.05, 0) is 13.0 Å². The second-order valence-electron chi connectivity index (χ2n) is 6.72. The van der Waals surface area contributed by atoms with Gasteiger partial charge in [-0.3, -0.25) is 13.6 Å². The molecule has 2 aliphatic rings. The summed E-state index contributed by atoms with van der Waals surface area (Å²) in [6.07, 6.45) is 1.16. The molecular formula is C16H18FN4O6P. The number of para-hydroxylation sites is 1. The normalized spacial score (nSPS) is 31.9. The summed E-state index contributed by atoms with van der Waals surface area (Å²) in [4.78, 5) is 19.3. The molecule has 2 aromatic rings. The average Bonchev–Trinajstić information content (AvgIpc) is 2.96. The first-order valence-corrected chi connectivity index (χ1v) is 9.94. The van der Waals surface area contributed by atoms with Gasteiger partial charge >= 0.3 is 13.5 Å². The summed E-state index contributed by atoms with van der Waals surface area (Å²) in [5.74, 6) is -2.15. The Morgan fingerprint density at radius 3 is 2.96 bits per heavy atom. The Hall–Kier alpha value is -2.33. The minimum Gasteiger partial charge on any atom is -0.404 e. The van der Waals surface area contributed by atoms with Crippen LogP contribution in [-0.4, -0.2) is 27.0 Å². The molecule has 1 saturated heterocycles. The number of nitrogen functional groups attached to an aromatic ring is 1. The van der Waals surface area contributed by atoms with Gasteiger partial charge in [0.2, 0.25) is 11.8 Å². The maximum atomic E-state index is 15.2. The Kier molecular flexibility index (Phi) is 4.50. The van der Waals surface area contributed by atoms with E-state index in [1.54, 1.807) is 24.3 Å². The van der Waals surface area contributed by atoms with Gasteiger partial charge in [-0.25, -0.2) is 18.7 Å². The fourth-order valence-corrected chi connectivity index (χ4v) is 4.35. The summed E-state index contributed by atoms with van der Waals surface area (Å²) in [5.41, 5.74) is 4.01. The summed E-state index contributed by atoms with van der Waals surface area (Å²) in [5, 5.41) is 0. The molecule has 0 bridgehead atoms. The van der Waals surface area contributed by atoms with Gasteiger partial charge in [0, 0.05) is 18.4 Å². The van der Waals surface area contributed by atoms with Crippen LogP contribution in [0.1, 0.15) is 25.3 Å². The molecule has 10 nitrogen and oxygen atoms in total. The van der Waals surface area contributed by atoms with Gasteiger partial charge in [0.05, 0.1) is 6.61 Å². The molecule has 2 aliphatic heterocycles. The van der Waals surface area contributed by atoms with Crippen molar-refractivity contribution < 1.29 is 27.3 Å². The summed E-state index contributed by atoms with van der Waals surface area (Å²) < 4.78 is 49.9. The number of nitrogens with zero attached hydrogens (tertiary/aromatic N) is 3. The van der Waals surface area contributed by atoms with Gasteiger partial charge < -0.3 is 15.0 Å². The van der Waals surface area contributed by atoms with Crippen molar-refractivity contribution in [2.45, 2.75) is 38.0 Å². The highest BCUT2D eigenvalue weighted by molar-refractivity contribution is 7.49. The largest absolute Gasteiger partial charge is 0.530 e. The van der Waals surface area contributed by atoms with Crippen molar-refractivity contribution in [3.63, 3.8) is 0 Å².